The first kappa shape index (κ1) is 20.0. The average Bonchev–Trinajstić information content (AvgIpc) is 2.49. The lowest BCUT2D eigenvalue weighted by Crippen LogP contribution is -2.33. The van der Waals surface area contributed by atoms with Crippen LogP contribution in [0.15, 0.2) is 24.3 Å². The smallest absolute Gasteiger partial charge is 0.196 e. The summed E-state index contributed by atoms with van der Waals surface area (Å²) in [6.45, 7) is 18.7. The zero-order valence-electron chi connectivity index (χ0n) is 16.4. The van der Waals surface area contributed by atoms with Crippen molar-refractivity contribution in [1.29, 1.82) is 0 Å². The van der Waals surface area contributed by atoms with E-state index in [1.54, 1.807) is 0 Å². The summed E-state index contributed by atoms with van der Waals surface area (Å²) >= 11 is 0. The summed E-state index contributed by atoms with van der Waals surface area (Å²) in [6, 6.07) is 8.62. The monoisotopic (exact) mass is 320 g/mol. The molecule has 0 spiro atoms. The molecule has 0 N–H and O–H groups in total. The molecule has 23 heavy (non-hydrogen) atoms. The Morgan fingerprint density at radius 2 is 1.35 bits per heavy atom. The van der Waals surface area contributed by atoms with Crippen molar-refractivity contribution in [2.75, 3.05) is 6.61 Å². The van der Waals surface area contributed by atoms with Gasteiger partial charge in [-0.15, -0.1) is 0 Å². The first-order valence-electron chi connectivity index (χ1n) is 9.06. The van der Waals surface area contributed by atoms with E-state index in [1.807, 2.05) is 13.8 Å². The molecule has 1 atom stereocenters. The van der Waals surface area contributed by atoms with Gasteiger partial charge in [0.2, 0.25) is 0 Å². The van der Waals surface area contributed by atoms with Crippen molar-refractivity contribution in [2.45, 2.75) is 80.4 Å². The van der Waals surface area contributed by atoms with Crippen LogP contribution in [-0.4, -0.2) is 12.9 Å². The van der Waals surface area contributed by atoms with Gasteiger partial charge in [-0.05, 0) is 48.3 Å². The van der Waals surface area contributed by atoms with Gasteiger partial charge in [0.25, 0.3) is 0 Å². The van der Waals surface area contributed by atoms with Crippen LogP contribution in [0.1, 0.15) is 79.7 Å². The van der Waals surface area contributed by atoms with Gasteiger partial charge in [-0.2, -0.15) is 0 Å². The van der Waals surface area contributed by atoms with Crippen molar-refractivity contribution in [3.8, 4) is 5.75 Å². The minimum atomic E-state index is -0.208. The molecule has 1 aromatic rings. The van der Waals surface area contributed by atoms with Crippen LogP contribution in [0.4, 0.5) is 0 Å². The molecule has 1 rings (SSSR count). The number of ether oxygens (including phenoxy) is 2. The third kappa shape index (κ3) is 5.24. The van der Waals surface area contributed by atoms with Crippen molar-refractivity contribution in [3.63, 3.8) is 0 Å². The van der Waals surface area contributed by atoms with Crippen molar-refractivity contribution in [1.82, 2.24) is 0 Å². The van der Waals surface area contributed by atoms with Crippen LogP contribution in [0.2, 0.25) is 0 Å². The van der Waals surface area contributed by atoms with Gasteiger partial charge >= 0.3 is 0 Å². The second-order valence-electron chi connectivity index (χ2n) is 7.83. The number of hydrogen-bond donors (Lipinski definition) is 0. The Morgan fingerprint density at radius 3 is 1.74 bits per heavy atom. The van der Waals surface area contributed by atoms with Gasteiger partial charge in [0.05, 0.1) is 0 Å². The minimum Gasteiger partial charge on any atom is -0.465 e. The Bertz CT molecular complexity index is 443. The maximum absolute atomic E-state index is 5.79. The Balaban J connectivity index is 3.05. The van der Waals surface area contributed by atoms with Crippen LogP contribution in [0.25, 0.3) is 0 Å². The molecule has 0 heterocycles. The summed E-state index contributed by atoms with van der Waals surface area (Å²) in [6.07, 6.45) is 2.13. The topological polar surface area (TPSA) is 18.5 Å². The van der Waals surface area contributed by atoms with E-state index in [9.17, 15) is 0 Å². The highest BCUT2D eigenvalue weighted by Crippen LogP contribution is 2.51. The van der Waals surface area contributed by atoms with E-state index < -0.39 is 0 Å². The molecular formula is C21H36O2. The SMILES string of the molecule is CCOC(C)Oc1ccc(C(C(C)(C)CC)C(C)(C)CC)cc1. The predicted molar refractivity (Wildman–Crippen MR) is 99.0 cm³/mol. The Morgan fingerprint density at radius 1 is 0.870 bits per heavy atom. The van der Waals surface area contributed by atoms with Crippen LogP contribution in [0.3, 0.4) is 0 Å². The molecule has 1 unspecified atom stereocenters. The quantitative estimate of drug-likeness (QED) is 0.490. The van der Waals surface area contributed by atoms with Gasteiger partial charge in [-0.1, -0.05) is 66.5 Å². The average molecular weight is 321 g/mol. The molecule has 0 fully saturated rings. The molecule has 1 aromatic carbocycles. The predicted octanol–water partition coefficient (Wildman–Crippen LogP) is 6.40. The second kappa shape index (κ2) is 8.19. The van der Waals surface area contributed by atoms with Crippen LogP contribution >= 0.6 is 0 Å². The highest BCUT2D eigenvalue weighted by molar-refractivity contribution is 5.31. The molecule has 0 amide bonds. The van der Waals surface area contributed by atoms with Crippen molar-refractivity contribution >= 4 is 0 Å². The largest absolute Gasteiger partial charge is 0.465 e. The molecule has 0 radical (unpaired) electrons. The lowest BCUT2D eigenvalue weighted by Gasteiger charge is -2.44. The Labute approximate surface area is 143 Å². The summed E-state index contributed by atoms with van der Waals surface area (Å²) in [5.74, 6) is 1.39. The molecule has 0 bridgehead atoms. The first-order valence-corrected chi connectivity index (χ1v) is 9.06. The number of benzene rings is 1. The molecule has 2 heteroatoms. The second-order valence-corrected chi connectivity index (χ2v) is 7.83. The van der Waals surface area contributed by atoms with Gasteiger partial charge < -0.3 is 9.47 Å². The van der Waals surface area contributed by atoms with Crippen LogP contribution in [-0.2, 0) is 4.74 Å². The van der Waals surface area contributed by atoms with Crippen molar-refractivity contribution in [3.05, 3.63) is 29.8 Å². The summed E-state index contributed by atoms with van der Waals surface area (Å²) < 4.78 is 11.2. The zero-order valence-corrected chi connectivity index (χ0v) is 16.4. The maximum atomic E-state index is 5.79. The van der Waals surface area contributed by atoms with E-state index in [4.69, 9.17) is 9.47 Å². The van der Waals surface area contributed by atoms with Gasteiger partial charge in [0.1, 0.15) is 5.75 Å². The first-order chi connectivity index (χ1) is 10.7. The summed E-state index contributed by atoms with van der Waals surface area (Å²) in [5.41, 5.74) is 1.93. The van der Waals surface area contributed by atoms with Gasteiger partial charge in [0, 0.05) is 6.61 Å². The van der Waals surface area contributed by atoms with Crippen LogP contribution < -0.4 is 4.74 Å². The minimum absolute atomic E-state index is 0.208. The molecule has 0 aliphatic rings. The third-order valence-electron chi connectivity index (χ3n) is 5.30. The fourth-order valence-corrected chi connectivity index (χ4v) is 3.57. The van der Waals surface area contributed by atoms with E-state index in [2.05, 4.69) is 65.8 Å². The van der Waals surface area contributed by atoms with Gasteiger partial charge in [-0.25, -0.2) is 0 Å². The van der Waals surface area contributed by atoms with E-state index in [0.29, 0.717) is 12.5 Å². The molecule has 132 valence electrons. The Hall–Kier alpha value is -1.02. The summed E-state index contributed by atoms with van der Waals surface area (Å²) in [4.78, 5) is 0. The molecule has 0 saturated heterocycles. The van der Waals surface area contributed by atoms with Crippen molar-refractivity contribution < 1.29 is 9.47 Å². The normalized spacial score (nSPS) is 14.1. The molecule has 0 saturated carbocycles. The molecule has 2 nitrogen and oxygen atoms in total. The lowest BCUT2D eigenvalue weighted by molar-refractivity contribution is -0.0613. The van der Waals surface area contributed by atoms with Crippen molar-refractivity contribution in [2.24, 2.45) is 10.8 Å². The summed E-state index contributed by atoms with van der Waals surface area (Å²) in [5, 5.41) is 0. The zero-order chi connectivity index (χ0) is 17.7. The maximum Gasteiger partial charge on any atom is 0.196 e. The highest BCUT2D eigenvalue weighted by Gasteiger charge is 2.39. The Kier molecular flexibility index (Phi) is 7.13. The van der Waals surface area contributed by atoms with Crippen LogP contribution in [0, 0.1) is 10.8 Å². The fraction of sp³-hybridized carbons (Fsp3) is 0.714. The van der Waals surface area contributed by atoms with E-state index in [0.717, 1.165) is 5.75 Å². The standard InChI is InChI=1S/C21H36O2/c1-9-20(5,6)19(21(7,8)10-2)17-12-14-18(15-13-17)23-16(4)22-11-3/h12-16,19H,9-11H2,1-8H3. The van der Waals surface area contributed by atoms with Gasteiger partial charge in [-0.3, -0.25) is 0 Å². The van der Waals surface area contributed by atoms with E-state index >= 15 is 0 Å². The van der Waals surface area contributed by atoms with Crippen LogP contribution in [0.5, 0.6) is 5.75 Å². The molecule has 0 aliphatic carbocycles. The van der Waals surface area contributed by atoms with E-state index in [-0.39, 0.29) is 17.1 Å². The molecular weight excluding hydrogens is 284 g/mol. The lowest BCUT2D eigenvalue weighted by atomic mass is 9.60. The number of rotatable bonds is 9. The number of hydrogen-bond acceptors (Lipinski definition) is 2. The van der Waals surface area contributed by atoms with E-state index in [1.165, 1.54) is 18.4 Å². The molecule has 0 aromatic heterocycles. The fourth-order valence-electron chi connectivity index (χ4n) is 3.57. The third-order valence-corrected chi connectivity index (χ3v) is 5.30. The molecule has 0 aliphatic heterocycles. The van der Waals surface area contributed by atoms with Gasteiger partial charge in [0.15, 0.2) is 6.29 Å². The highest BCUT2D eigenvalue weighted by atomic mass is 16.7. The summed E-state index contributed by atoms with van der Waals surface area (Å²) in [7, 11) is 0.